The molecule has 0 radical (unpaired) electrons. The van der Waals surface area contributed by atoms with Gasteiger partial charge < -0.3 is 19.9 Å². The van der Waals surface area contributed by atoms with Gasteiger partial charge in [0.2, 0.25) is 0 Å². The number of carboxylic acids is 1. The summed E-state index contributed by atoms with van der Waals surface area (Å²) in [6.07, 6.45) is 0. The van der Waals surface area contributed by atoms with Gasteiger partial charge in [-0.05, 0) is 29.8 Å². The van der Waals surface area contributed by atoms with Gasteiger partial charge in [0.25, 0.3) is 0 Å². The van der Waals surface area contributed by atoms with E-state index in [0.29, 0.717) is 28.8 Å². The Morgan fingerprint density at radius 1 is 1.23 bits per heavy atom. The second kappa shape index (κ2) is 7.04. The number of aromatic carboxylic acids is 1. The molecule has 0 fully saturated rings. The SMILES string of the molecule is COc1ccc(CNc2cccc(C(=O)O)c2)c(Cl)c1OC. The fourth-order valence-electron chi connectivity index (χ4n) is 2.03. The number of carbonyl (C=O) groups is 1. The van der Waals surface area contributed by atoms with E-state index in [1.54, 1.807) is 31.4 Å². The molecule has 2 aromatic carbocycles. The summed E-state index contributed by atoms with van der Waals surface area (Å²) in [5.41, 5.74) is 1.74. The number of carboxylic acid groups (broad SMARTS) is 1. The summed E-state index contributed by atoms with van der Waals surface area (Å²) in [6, 6.07) is 10.2. The number of ether oxygens (including phenoxy) is 2. The lowest BCUT2D eigenvalue weighted by molar-refractivity contribution is 0.0697. The molecule has 0 spiro atoms. The summed E-state index contributed by atoms with van der Waals surface area (Å²) >= 11 is 6.30. The largest absolute Gasteiger partial charge is 0.493 e. The van der Waals surface area contributed by atoms with Crippen molar-refractivity contribution in [3.8, 4) is 11.5 Å². The average molecular weight is 322 g/mol. The lowest BCUT2D eigenvalue weighted by Gasteiger charge is -2.14. The molecule has 116 valence electrons. The predicted octanol–water partition coefficient (Wildman–Crippen LogP) is 3.67. The minimum Gasteiger partial charge on any atom is -0.493 e. The summed E-state index contributed by atoms with van der Waals surface area (Å²) < 4.78 is 10.4. The third kappa shape index (κ3) is 3.43. The smallest absolute Gasteiger partial charge is 0.335 e. The minimum absolute atomic E-state index is 0.225. The van der Waals surface area contributed by atoms with Crippen LogP contribution in [0.25, 0.3) is 0 Å². The number of nitrogens with one attached hydrogen (secondary N) is 1. The molecule has 0 aliphatic heterocycles. The van der Waals surface area contributed by atoms with E-state index in [2.05, 4.69) is 5.32 Å². The van der Waals surface area contributed by atoms with Crippen molar-refractivity contribution in [1.82, 2.24) is 0 Å². The molecular weight excluding hydrogens is 306 g/mol. The number of halogens is 1. The first-order chi connectivity index (χ1) is 10.6. The highest BCUT2D eigenvalue weighted by molar-refractivity contribution is 6.33. The van der Waals surface area contributed by atoms with E-state index in [-0.39, 0.29) is 5.56 Å². The number of benzene rings is 2. The number of hydrogen-bond acceptors (Lipinski definition) is 4. The molecule has 2 aromatic rings. The van der Waals surface area contributed by atoms with Crippen LogP contribution in [0.3, 0.4) is 0 Å². The van der Waals surface area contributed by atoms with Crippen molar-refractivity contribution in [1.29, 1.82) is 0 Å². The van der Waals surface area contributed by atoms with E-state index in [0.717, 1.165) is 5.56 Å². The fraction of sp³-hybridized carbons (Fsp3) is 0.188. The third-order valence-corrected chi connectivity index (χ3v) is 3.57. The van der Waals surface area contributed by atoms with Crippen LogP contribution in [0.5, 0.6) is 11.5 Å². The Bertz CT molecular complexity index is 688. The Kier molecular flexibility index (Phi) is 5.12. The highest BCUT2D eigenvalue weighted by atomic mass is 35.5. The Labute approximate surface area is 133 Å². The Hall–Kier alpha value is -2.40. The highest BCUT2D eigenvalue weighted by Crippen LogP contribution is 2.37. The van der Waals surface area contributed by atoms with Crippen LogP contribution >= 0.6 is 11.6 Å². The van der Waals surface area contributed by atoms with Crippen LogP contribution < -0.4 is 14.8 Å². The quantitative estimate of drug-likeness (QED) is 0.849. The molecule has 0 aliphatic rings. The van der Waals surface area contributed by atoms with Crippen LogP contribution in [0.4, 0.5) is 5.69 Å². The molecule has 0 heterocycles. The molecule has 2 rings (SSSR count). The first kappa shape index (κ1) is 16.0. The van der Waals surface area contributed by atoms with E-state index in [4.69, 9.17) is 26.2 Å². The van der Waals surface area contributed by atoms with Crippen LogP contribution in [0.2, 0.25) is 5.02 Å². The van der Waals surface area contributed by atoms with E-state index in [1.165, 1.54) is 13.2 Å². The van der Waals surface area contributed by atoms with E-state index < -0.39 is 5.97 Å². The molecule has 6 heteroatoms. The van der Waals surface area contributed by atoms with Crippen LogP contribution in [-0.2, 0) is 6.54 Å². The molecular formula is C16H16ClNO4. The van der Waals surface area contributed by atoms with Crippen LogP contribution in [-0.4, -0.2) is 25.3 Å². The van der Waals surface area contributed by atoms with Crippen molar-refractivity contribution < 1.29 is 19.4 Å². The molecule has 0 saturated carbocycles. The maximum absolute atomic E-state index is 11.0. The number of rotatable bonds is 6. The summed E-state index contributed by atoms with van der Waals surface area (Å²) in [5, 5.41) is 12.6. The van der Waals surface area contributed by atoms with Gasteiger partial charge >= 0.3 is 5.97 Å². The van der Waals surface area contributed by atoms with Crippen LogP contribution in [0.15, 0.2) is 36.4 Å². The van der Waals surface area contributed by atoms with E-state index >= 15 is 0 Å². The third-order valence-electron chi connectivity index (χ3n) is 3.16. The van der Waals surface area contributed by atoms with Crippen molar-refractivity contribution in [3.05, 3.63) is 52.5 Å². The molecule has 0 saturated heterocycles. The van der Waals surface area contributed by atoms with E-state index in [1.807, 2.05) is 6.07 Å². The number of methoxy groups -OCH3 is 2. The van der Waals surface area contributed by atoms with Crippen molar-refractivity contribution in [2.75, 3.05) is 19.5 Å². The standard InChI is InChI=1S/C16H16ClNO4/c1-21-13-7-6-11(14(17)15(13)22-2)9-18-12-5-3-4-10(8-12)16(19)20/h3-8,18H,9H2,1-2H3,(H,19,20). The van der Waals surface area contributed by atoms with Crippen molar-refractivity contribution in [3.63, 3.8) is 0 Å². The maximum atomic E-state index is 11.0. The van der Waals surface area contributed by atoms with Gasteiger partial charge in [-0.1, -0.05) is 23.7 Å². The molecule has 22 heavy (non-hydrogen) atoms. The molecule has 0 amide bonds. The second-order valence-corrected chi connectivity index (χ2v) is 4.89. The molecule has 0 bridgehead atoms. The Morgan fingerprint density at radius 2 is 2.00 bits per heavy atom. The minimum atomic E-state index is -0.965. The zero-order chi connectivity index (χ0) is 16.1. The zero-order valence-corrected chi connectivity index (χ0v) is 13.0. The number of anilines is 1. The monoisotopic (exact) mass is 321 g/mol. The maximum Gasteiger partial charge on any atom is 0.335 e. The summed E-state index contributed by atoms with van der Waals surface area (Å²) in [7, 11) is 3.07. The summed E-state index contributed by atoms with van der Waals surface area (Å²) in [4.78, 5) is 11.0. The van der Waals surface area contributed by atoms with Crippen LogP contribution in [0.1, 0.15) is 15.9 Å². The lowest BCUT2D eigenvalue weighted by atomic mass is 10.1. The van der Waals surface area contributed by atoms with Gasteiger partial charge in [0.1, 0.15) is 0 Å². The van der Waals surface area contributed by atoms with Gasteiger partial charge in [-0.25, -0.2) is 4.79 Å². The van der Waals surface area contributed by atoms with Gasteiger partial charge in [-0.15, -0.1) is 0 Å². The van der Waals surface area contributed by atoms with Crippen molar-refractivity contribution in [2.45, 2.75) is 6.54 Å². The van der Waals surface area contributed by atoms with Crippen molar-refractivity contribution in [2.24, 2.45) is 0 Å². The van der Waals surface area contributed by atoms with Gasteiger partial charge in [0, 0.05) is 12.2 Å². The fourth-order valence-corrected chi connectivity index (χ4v) is 2.33. The van der Waals surface area contributed by atoms with Crippen molar-refractivity contribution >= 4 is 23.3 Å². The first-order valence-corrected chi connectivity index (χ1v) is 6.91. The normalized spacial score (nSPS) is 10.1. The molecule has 5 nitrogen and oxygen atoms in total. The van der Waals surface area contributed by atoms with Gasteiger partial charge in [-0.2, -0.15) is 0 Å². The average Bonchev–Trinajstić information content (AvgIpc) is 2.53. The first-order valence-electron chi connectivity index (χ1n) is 6.53. The van der Waals surface area contributed by atoms with Crippen LogP contribution in [0, 0.1) is 0 Å². The predicted molar refractivity (Wildman–Crippen MR) is 85.3 cm³/mol. The van der Waals surface area contributed by atoms with Gasteiger partial charge in [-0.3, -0.25) is 0 Å². The molecule has 0 unspecified atom stereocenters. The number of hydrogen-bond donors (Lipinski definition) is 2. The topological polar surface area (TPSA) is 67.8 Å². The highest BCUT2D eigenvalue weighted by Gasteiger charge is 2.13. The summed E-state index contributed by atoms with van der Waals surface area (Å²) in [5.74, 6) is 0.0691. The lowest BCUT2D eigenvalue weighted by Crippen LogP contribution is -2.03. The second-order valence-electron chi connectivity index (χ2n) is 4.51. The molecule has 0 aliphatic carbocycles. The zero-order valence-electron chi connectivity index (χ0n) is 12.2. The van der Waals surface area contributed by atoms with Gasteiger partial charge in [0.15, 0.2) is 11.5 Å². The Balaban J connectivity index is 2.18. The van der Waals surface area contributed by atoms with Gasteiger partial charge in [0.05, 0.1) is 24.8 Å². The Morgan fingerprint density at radius 3 is 2.64 bits per heavy atom. The van der Waals surface area contributed by atoms with E-state index in [9.17, 15) is 4.79 Å². The summed E-state index contributed by atoms with van der Waals surface area (Å²) in [6.45, 7) is 0.433. The molecule has 2 N–H and O–H groups in total. The molecule has 0 aromatic heterocycles. The molecule has 0 atom stereocenters.